The molecule has 0 saturated heterocycles. The molecule has 0 heterocycles. The van der Waals surface area contributed by atoms with Crippen LogP contribution < -0.4 is 5.32 Å². The summed E-state index contributed by atoms with van der Waals surface area (Å²) in [4.78, 5) is 11.7. The topological polar surface area (TPSA) is 29.1 Å². The molecule has 2 nitrogen and oxygen atoms in total. The summed E-state index contributed by atoms with van der Waals surface area (Å²) in [5.41, 5.74) is 0.403. The number of halogens is 1. The molecule has 0 radical (unpaired) electrons. The number of carbonyl (C=O) groups is 1. The van der Waals surface area contributed by atoms with Gasteiger partial charge < -0.3 is 5.32 Å². The molecule has 2 aliphatic rings. The number of hydrogen-bond acceptors (Lipinski definition) is 1. The fraction of sp³-hybridized carbons (Fsp3) is 0.929. The molecule has 17 heavy (non-hydrogen) atoms. The highest BCUT2D eigenvalue weighted by atomic mass is 79.9. The summed E-state index contributed by atoms with van der Waals surface area (Å²) in [5.74, 6) is 1.09. The van der Waals surface area contributed by atoms with E-state index in [-0.39, 0.29) is 5.91 Å². The van der Waals surface area contributed by atoms with Gasteiger partial charge in [0.25, 0.3) is 0 Å². The lowest BCUT2D eigenvalue weighted by molar-refractivity contribution is -0.121. The maximum atomic E-state index is 11.7. The lowest BCUT2D eigenvalue weighted by atomic mass is 9.86. The van der Waals surface area contributed by atoms with Crippen molar-refractivity contribution in [2.75, 3.05) is 11.9 Å². The van der Waals surface area contributed by atoms with Gasteiger partial charge in [0.05, 0.1) is 0 Å². The van der Waals surface area contributed by atoms with E-state index in [1.54, 1.807) is 0 Å². The Kier molecular flexibility index (Phi) is 4.89. The molecule has 0 aromatic carbocycles. The molecule has 0 spiro atoms. The Balaban J connectivity index is 1.57. The van der Waals surface area contributed by atoms with E-state index in [4.69, 9.17) is 0 Å². The summed E-state index contributed by atoms with van der Waals surface area (Å²) in [6.45, 7) is 0.877. The van der Waals surface area contributed by atoms with Gasteiger partial charge in [-0.1, -0.05) is 48.0 Å². The molecule has 0 aromatic rings. The second-order valence-corrected chi connectivity index (χ2v) is 6.51. The summed E-state index contributed by atoms with van der Waals surface area (Å²) >= 11 is 3.53. The van der Waals surface area contributed by atoms with E-state index in [0.29, 0.717) is 5.41 Å². The van der Waals surface area contributed by atoms with Gasteiger partial charge in [-0.2, -0.15) is 0 Å². The Morgan fingerprint density at radius 2 is 1.94 bits per heavy atom. The van der Waals surface area contributed by atoms with Crippen LogP contribution in [0.5, 0.6) is 0 Å². The number of nitrogens with one attached hydrogen (secondary N) is 1. The zero-order valence-corrected chi connectivity index (χ0v) is 12.2. The lowest BCUT2D eigenvalue weighted by Gasteiger charge is -2.21. The van der Waals surface area contributed by atoms with Crippen LogP contribution in [-0.2, 0) is 4.79 Å². The first-order valence-electron chi connectivity index (χ1n) is 7.07. The van der Waals surface area contributed by atoms with Gasteiger partial charge in [0.15, 0.2) is 0 Å². The minimum Gasteiger partial charge on any atom is -0.356 e. The van der Waals surface area contributed by atoms with Crippen LogP contribution in [0.2, 0.25) is 0 Å². The van der Waals surface area contributed by atoms with Gasteiger partial charge >= 0.3 is 0 Å². The van der Waals surface area contributed by atoms with Gasteiger partial charge in [-0.15, -0.1) is 0 Å². The van der Waals surface area contributed by atoms with Crippen LogP contribution in [0.3, 0.4) is 0 Å². The molecule has 2 rings (SSSR count). The van der Waals surface area contributed by atoms with Crippen molar-refractivity contribution in [2.24, 2.45) is 11.3 Å². The Morgan fingerprint density at radius 3 is 2.53 bits per heavy atom. The highest BCUT2D eigenvalue weighted by molar-refractivity contribution is 9.09. The minimum atomic E-state index is 0.266. The molecule has 3 heteroatoms. The van der Waals surface area contributed by atoms with Crippen LogP contribution in [0.15, 0.2) is 0 Å². The largest absolute Gasteiger partial charge is 0.356 e. The Bertz CT molecular complexity index is 257. The molecule has 0 unspecified atom stereocenters. The third-order valence-corrected chi connectivity index (χ3v) is 5.60. The van der Waals surface area contributed by atoms with Gasteiger partial charge in [0, 0.05) is 18.3 Å². The SMILES string of the molecule is O=C(CCC1CCCCC1)NCC1(CBr)CC1. The zero-order chi connectivity index (χ0) is 12.1. The van der Waals surface area contributed by atoms with Crippen molar-refractivity contribution in [3.8, 4) is 0 Å². The molecule has 2 saturated carbocycles. The van der Waals surface area contributed by atoms with E-state index in [9.17, 15) is 4.79 Å². The van der Waals surface area contributed by atoms with E-state index < -0.39 is 0 Å². The van der Waals surface area contributed by atoms with Gasteiger partial charge in [0.1, 0.15) is 0 Å². The predicted molar refractivity (Wildman–Crippen MR) is 74.3 cm³/mol. The molecule has 0 aromatic heterocycles. The summed E-state index contributed by atoms with van der Waals surface area (Å²) in [6, 6.07) is 0. The molecule has 2 fully saturated rings. The Labute approximate surface area is 113 Å². The molecule has 0 bridgehead atoms. The average molecular weight is 302 g/mol. The van der Waals surface area contributed by atoms with Gasteiger partial charge in [-0.25, -0.2) is 0 Å². The first-order valence-corrected chi connectivity index (χ1v) is 8.19. The lowest BCUT2D eigenvalue weighted by Crippen LogP contribution is -2.31. The molecule has 0 atom stereocenters. The van der Waals surface area contributed by atoms with Gasteiger partial charge in [0.2, 0.25) is 5.91 Å². The van der Waals surface area contributed by atoms with Crippen molar-refractivity contribution in [1.29, 1.82) is 0 Å². The maximum absolute atomic E-state index is 11.7. The van der Waals surface area contributed by atoms with Crippen molar-refractivity contribution in [3.05, 3.63) is 0 Å². The monoisotopic (exact) mass is 301 g/mol. The molecule has 1 N–H and O–H groups in total. The van der Waals surface area contributed by atoms with E-state index in [1.165, 1.54) is 44.9 Å². The van der Waals surface area contributed by atoms with Crippen molar-refractivity contribution in [1.82, 2.24) is 5.32 Å². The van der Waals surface area contributed by atoms with Crippen LogP contribution >= 0.6 is 15.9 Å². The van der Waals surface area contributed by atoms with Gasteiger partial charge in [-0.05, 0) is 30.6 Å². The molecule has 0 aliphatic heterocycles. The van der Waals surface area contributed by atoms with E-state index >= 15 is 0 Å². The normalized spacial score (nSPS) is 23.4. The number of hydrogen-bond donors (Lipinski definition) is 1. The molecular weight excluding hydrogens is 278 g/mol. The van der Waals surface area contributed by atoms with Crippen molar-refractivity contribution < 1.29 is 4.79 Å². The first-order chi connectivity index (χ1) is 8.24. The Morgan fingerprint density at radius 1 is 1.24 bits per heavy atom. The Hall–Kier alpha value is -0.0500. The van der Waals surface area contributed by atoms with Crippen molar-refractivity contribution in [3.63, 3.8) is 0 Å². The minimum absolute atomic E-state index is 0.266. The average Bonchev–Trinajstić information content (AvgIpc) is 3.16. The number of alkyl halides is 1. The number of amides is 1. The number of rotatable bonds is 6. The fourth-order valence-electron chi connectivity index (χ4n) is 2.72. The fourth-order valence-corrected chi connectivity index (χ4v) is 3.48. The van der Waals surface area contributed by atoms with Crippen LogP contribution in [0, 0.1) is 11.3 Å². The standard InChI is InChI=1S/C14H24BrNO/c15-10-14(8-9-14)11-16-13(17)7-6-12-4-2-1-3-5-12/h12H,1-11H2,(H,16,17). The summed E-state index contributed by atoms with van der Waals surface area (Å²) in [6.07, 6.45) is 11.2. The second-order valence-electron chi connectivity index (χ2n) is 5.95. The van der Waals surface area contributed by atoms with Gasteiger partial charge in [-0.3, -0.25) is 4.79 Å². The summed E-state index contributed by atoms with van der Waals surface area (Å²) in [5, 5.41) is 4.14. The van der Waals surface area contributed by atoms with Crippen LogP contribution in [0.4, 0.5) is 0 Å². The van der Waals surface area contributed by atoms with E-state index in [0.717, 1.165) is 30.6 Å². The van der Waals surface area contributed by atoms with Crippen LogP contribution in [0.25, 0.3) is 0 Å². The molecular formula is C14H24BrNO. The maximum Gasteiger partial charge on any atom is 0.220 e. The highest BCUT2D eigenvalue weighted by Gasteiger charge is 2.41. The van der Waals surface area contributed by atoms with Crippen molar-refractivity contribution >= 4 is 21.8 Å². The highest BCUT2D eigenvalue weighted by Crippen LogP contribution is 2.46. The quantitative estimate of drug-likeness (QED) is 0.746. The third-order valence-electron chi connectivity index (χ3n) is 4.41. The molecule has 2 aliphatic carbocycles. The zero-order valence-electron chi connectivity index (χ0n) is 10.6. The molecule has 1 amide bonds. The second kappa shape index (κ2) is 6.21. The summed E-state index contributed by atoms with van der Waals surface area (Å²) in [7, 11) is 0. The molecule has 98 valence electrons. The van der Waals surface area contributed by atoms with E-state index in [2.05, 4.69) is 21.2 Å². The first kappa shape index (κ1) is 13.4. The third kappa shape index (κ3) is 4.27. The van der Waals surface area contributed by atoms with Crippen molar-refractivity contribution in [2.45, 2.75) is 57.8 Å². The van der Waals surface area contributed by atoms with E-state index in [1.807, 2.05) is 0 Å². The van der Waals surface area contributed by atoms with Crippen LogP contribution in [-0.4, -0.2) is 17.8 Å². The van der Waals surface area contributed by atoms with Crippen LogP contribution in [0.1, 0.15) is 57.8 Å². The predicted octanol–water partition coefficient (Wildman–Crippen LogP) is 3.64. The number of carbonyl (C=O) groups excluding carboxylic acids is 1. The smallest absolute Gasteiger partial charge is 0.220 e. The summed E-state index contributed by atoms with van der Waals surface area (Å²) < 4.78 is 0.